The number of hydrogen-bond acceptors (Lipinski definition) is 6. The molecule has 0 aliphatic carbocycles. The second-order valence-electron chi connectivity index (χ2n) is 4.62. The number of fused-ring (bicyclic) bond motifs is 1. The normalized spacial score (nSPS) is 12.5. The molecule has 0 spiro atoms. The lowest BCUT2D eigenvalue weighted by Crippen LogP contribution is -2.41. The molecular weight excluding hydrogens is 334 g/mol. The van der Waals surface area contributed by atoms with Crippen LogP contribution in [-0.2, 0) is 10.0 Å². The summed E-state index contributed by atoms with van der Waals surface area (Å²) in [6.45, 7) is -2.20. The minimum atomic E-state index is -4.34. The number of halogens is 2. The highest BCUT2D eigenvalue weighted by Crippen LogP contribution is 2.29. The molecule has 8 nitrogen and oxygen atoms in total. The van der Waals surface area contributed by atoms with E-state index in [0.29, 0.717) is 0 Å². The molecule has 1 aromatic carbocycles. The molecule has 3 N–H and O–H groups in total. The number of nitrogens with two attached hydrogens (primary N) is 1. The third-order valence-electron chi connectivity index (χ3n) is 3.02. The number of sulfonamides is 1. The summed E-state index contributed by atoms with van der Waals surface area (Å²) in [7, 11) is -4.34. The average Bonchev–Trinajstić information content (AvgIpc) is 2.52. The van der Waals surface area contributed by atoms with Gasteiger partial charge in [-0.3, -0.25) is 15.1 Å². The van der Waals surface area contributed by atoms with Crippen molar-refractivity contribution >= 4 is 26.6 Å². The van der Waals surface area contributed by atoms with E-state index < -0.39 is 38.9 Å². The Bertz CT molecular complexity index is 857. The zero-order valence-electron chi connectivity index (χ0n) is 11.6. The van der Waals surface area contributed by atoms with Crippen molar-refractivity contribution in [1.29, 1.82) is 0 Å². The van der Waals surface area contributed by atoms with Gasteiger partial charge < -0.3 is 5.73 Å². The molecule has 0 unspecified atom stereocenters. The molecule has 0 saturated carbocycles. The number of nitro groups is 1. The van der Waals surface area contributed by atoms with E-state index in [9.17, 15) is 27.3 Å². The molecule has 0 amide bonds. The molecule has 0 saturated heterocycles. The standard InChI is InChI=1S/C12H12F2N4O4S/c13-12(14,6-15)7-17-23(21,22)10-4-3-9(18(19)20)8-2-1-5-16-11(8)10/h1-5,17H,6-7,15H2. The Morgan fingerprint density at radius 1 is 1.35 bits per heavy atom. The van der Waals surface area contributed by atoms with E-state index in [2.05, 4.69) is 4.98 Å². The zero-order valence-corrected chi connectivity index (χ0v) is 12.4. The van der Waals surface area contributed by atoms with Crippen molar-refractivity contribution in [2.45, 2.75) is 10.8 Å². The fourth-order valence-corrected chi connectivity index (χ4v) is 3.08. The lowest BCUT2D eigenvalue weighted by atomic mass is 10.2. The van der Waals surface area contributed by atoms with E-state index in [1.807, 2.05) is 0 Å². The number of nitrogens with one attached hydrogen (secondary N) is 1. The van der Waals surface area contributed by atoms with Crippen molar-refractivity contribution in [3.63, 3.8) is 0 Å². The molecule has 0 atom stereocenters. The van der Waals surface area contributed by atoms with Crippen LogP contribution in [-0.4, -0.2) is 37.3 Å². The van der Waals surface area contributed by atoms with Crippen LogP contribution in [0.25, 0.3) is 10.9 Å². The van der Waals surface area contributed by atoms with Gasteiger partial charge in [0.2, 0.25) is 10.0 Å². The number of rotatable bonds is 6. The molecule has 0 aliphatic rings. The zero-order chi connectivity index (χ0) is 17.3. The van der Waals surface area contributed by atoms with E-state index in [-0.39, 0.29) is 16.6 Å². The molecule has 124 valence electrons. The number of hydrogen-bond donors (Lipinski definition) is 2. The Balaban J connectivity index is 2.52. The van der Waals surface area contributed by atoms with Gasteiger partial charge in [-0.25, -0.2) is 21.9 Å². The molecule has 0 fully saturated rings. The van der Waals surface area contributed by atoms with E-state index in [1.165, 1.54) is 18.3 Å². The van der Waals surface area contributed by atoms with Crippen molar-refractivity contribution in [2.75, 3.05) is 13.1 Å². The average molecular weight is 346 g/mol. The fraction of sp³-hybridized carbons (Fsp3) is 0.250. The summed E-state index contributed by atoms with van der Waals surface area (Å²) in [5.41, 5.74) is 4.34. The van der Waals surface area contributed by atoms with Crippen LogP contribution in [0.15, 0.2) is 35.4 Å². The molecule has 11 heteroatoms. The lowest BCUT2D eigenvalue weighted by Gasteiger charge is -2.15. The molecule has 0 aliphatic heterocycles. The SMILES string of the molecule is NCC(F)(F)CNS(=O)(=O)c1ccc([N+](=O)[O-])c2cccnc12. The Morgan fingerprint density at radius 2 is 2.04 bits per heavy atom. The van der Waals surface area contributed by atoms with Crippen LogP contribution in [0.4, 0.5) is 14.5 Å². The lowest BCUT2D eigenvalue weighted by molar-refractivity contribution is -0.383. The van der Waals surface area contributed by atoms with Crippen LogP contribution in [0.2, 0.25) is 0 Å². The summed E-state index contributed by atoms with van der Waals surface area (Å²) in [6.07, 6.45) is 1.25. The van der Waals surface area contributed by atoms with Crippen molar-refractivity contribution in [3.8, 4) is 0 Å². The van der Waals surface area contributed by atoms with Crippen molar-refractivity contribution in [1.82, 2.24) is 9.71 Å². The van der Waals surface area contributed by atoms with E-state index in [1.54, 1.807) is 4.72 Å². The maximum Gasteiger partial charge on any atom is 0.278 e. The minimum absolute atomic E-state index is 0.00837. The number of non-ortho nitro benzene ring substituents is 1. The van der Waals surface area contributed by atoms with Crippen LogP contribution in [0, 0.1) is 10.1 Å². The van der Waals surface area contributed by atoms with Gasteiger partial charge in [0.05, 0.1) is 28.9 Å². The van der Waals surface area contributed by atoms with Gasteiger partial charge in [0.1, 0.15) is 4.90 Å². The topological polar surface area (TPSA) is 128 Å². The fourth-order valence-electron chi connectivity index (χ4n) is 1.86. The summed E-state index contributed by atoms with van der Waals surface area (Å²) in [6, 6.07) is 4.67. The second-order valence-corrected chi connectivity index (χ2v) is 6.36. The number of alkyl halides is 2. The van der Waals surface area contributed by atoms with Gasteiger partial charge in [-0.2, -0.15) is 0 Å². The first-order valence-corrected chi connectivity index (χ1v) is 7.76. The van der Waals surface area contributed by atoms with Crippen LogP contribution in [0.3, 0.4) is 0 Å². The monoisotopic (exact) mass is 346 g/mol. The largest absolute Gasteiger partial charge is 0.325 e. The molecule has 1 aromatic heterocycles. The van der Waals surface area contributed by atoms with Gasteiger partial charge in [-0.05, 0) is 18.2 Å². The molecule has 2 rings (SSSR count). The predicted molar refractivity (Wildman–Crippen MR) is 77.6 cm³/mol. The Hall–Kier alpha value is -2.24. The number of nitro benzene ring substituents is 1. The van der Waals surface area contributed by atoms with Crippen LogP contribution < -0.4 is 10.5 Å². The summed E-state index contributed by atoms with van der Waals surface area (Å²) >= 11 is 0. The number of nitrogens with zero attached hydrogens (tertiary/aromatic N) is 2. The highest BCUT2D eigenvalue weighted by atomic mass is 32.2. The first-order valence-electron chi connectivity index (χ1n) is 6.28. The molecule has 1 heterocycles. The third-order valence-corrected chi connectivity index (χ3v) is 4.45. The Morgan fingerprint density at radius 3 is 2.65 bits per heavy atom. The second kappa shape index (κ2) is 6.10. The molecule has 2 aromatic rings. The van der Waals surface area contributed by atoms with Crippen molar-refractivity contribution < 1.29 is 22.1 Å². The van der Waals surface area contributed by atoms with Gasteiger partial charge in [-0.1, -0.05) is 0 Å². The van der Waals surface area contributed by atoms with Gasteiger partial charge >= 0.3 is 0 Å². The quantitative estimate of drug-likeness (QED) is 0.593. The van der Waals surface area contributed by atoms with E-state index in [0.717, 1.165) is 12.1 Å². The van der Waals surface area contributed by atoms with Crippen LogP contribution >= 0.6 is 0 Å². The number of benzene rings is 1. The smallest absolute Gasteiger partial charge is 0.278 e. The van der Waals surface area contributed by atoms with Gasteiger partial charge in [0.25, 0.3) is 11.6 Å². The summed E-state index contributed by atoms with van der Waals surface area (Å²) < 4.78 is 52.4. The maximum atomic E-state index is 13.1. The number of aromatic nitrogens is 1. The van der Waals surface area contributed by atoms with Gasteiger partial charge in [0.15, 0.2) is 0 Å². The van der Waals surface area contributed by atoms with Crippen molar-refractivity contribution in [2.24, 2.45) is 5.73 Å². The van der Waals surface area contributed by atoms with Crippen LogP contribution in [0.5, 0.6) is 0 Å². The summed E-state index contributed by atoms with van der Waals surface area (Å²) in [5.74, 6) is -3.41. The molecule has 0 bridgehead atoms. The summed E-state index contributed by atoms with van der Waals surface area (Å²) in [4.78, 5) is 13.7. The highest BCUT2D eigenvalue weighted by molar-refractivity contribution is 7.89. The molecule has 23 heavy (non-hydrogen) atoms. The highest BCUT2D eigenvalue weighted by Gasteiger charge is 2.30. The summed E-state index contributed by atoms with van der Waals surface area (Å²) in [5, 5.41) is 11.0. The van der Waals surface area contributed by atoms with E-state index in [4.69, 9.17) is 5.73 Å². The molecular formula is C12H12F2N4O4S. The first-order chi connectivity index (χ1) is 10.7. The van der Waals surface area contributed by atoms with E-state index >= 15 is 0 Å². The Labute approximate surface area is 129 Å². The third kappa shape index (κ3) is 3.57. The molecule has 0 radical (unpaired) electrons. The van der Waals surface area contributed by atoms with Gasteiger partial charge in [0, 0.05) is 12.3 Å². The maximum absolute atomic E-state index is 13.1. The predicted octanol–water partition coefficient (Wildman–Crippen LogP) is 1.02. The van der Waals surface area contributed by atoms with Crippen molar-refractivity contribution in [3.05, 3.63) is 40.6 Å². The first kappa shape index (κ1) is 17.1. The Kier molecular flexibility index (Phi) is 4.54. The minimum Gasteiger partial charge on any atom is -0.325 e. The van der Waals surface area contributed by atoms with Gasteiger partial charge in [-0.15, -0.1) is 0 Å². The van der Waals surface area contributed by atoms with Crippen LogP contribution in [0.1, 0.15) is 0 Å². The number of pyridine rings is 1.